The smallest absolute Gasteiger partial charge is 1.00 e. The molecule has 0 saturated heterocycles. The van der Waals surface area contributed by atoms with Crippen LogP contribution in [0.3, 0.4) is 0 Å². The largest absolute Gasteiger partial charge is 2.00 e. The van der Waals surface area contributed by atoms with Crippen LogP contribution in [0.1, 0.15) is 5.56 Å². The summed E-state index contributed by atoms with van der Waals surface area (Å²) in [5, 5.41) is 0. The predicted molar refractivity (Wildman–Crippen MR) is 68.4 cm³/mol. The van der Waals surface area contributed by atoms with Crippen LogP contribution < -0.4 is 26.5 Å². The second-order valence-electron chi connectivity index (χ2n) is 3.38. The third-order valence-corrected chi connectivity index (χ3v) is 2.22. The van der Waals surface area contributed by atoms with Crippen molar-refractivity contribution in [1.82, 2.24) is 0 Å². The number of rotatable bonds is 4. The molecule has 0 unspecified atom stereocenters. The summed E-state index contributed by atoms with van der Waals surface area (Å²) in [4.78, 5) is 0. The van der Waals surface area contributed by atoms with Crippen LogP contribution in [0, 0.1) is 6.07 Å². The molecule has 18 heavy (non-hydrogen) atoms. The fraction of sp³-hybridized carbons (Fsp3) is 0.143. The van der Waals surface area contributed by atoms with Crippen LogP contribution >= 0.6 is 0 Å². The average molecular weight is 317 g/mol. The minimum atomic E-state index is 0. The van der Waals surface area contributed by atoms with Crippen molar-refractivity contribution in [3.05, 3.63) is 60.2 Å². The van der Waals surface area contributed by atoms with Gasteiger partial charge >= 0.3 is 23.1 Å². The maximum Gasteiger partial charge on any atom is 2.00 e. The van der Waals surface area contributed by atoms with Crippen LogP contribution in [0.4, 0.5) is 0 Å². The van der Waals surface area contributed by atoms with Crippen molar-refractivity contribution in [2.75, 3.05) is 7.11 Å². The Morgan fingerprint density at radius 3 is 2.56 bits per heavy atom. The van der Waals surface area contributed by atoms with Gasteiger partial charge in [-0.3, -0.25) is 0 Å². The van der Waals surface area contributed by atoms with Gasteiger partial charge in [0.25, 0.3) is 0 Å². The van der Waals surface area contributed by atoms with Gasteiger partial charge in [-0.2, -0.15) is 30.3 Å². The van der Waals surface area contributed by atoms with Crippen LogP contribution in [0.25, 0.3) is 0 Å². The molecule has 2 aromatic rings. The third-order valence-electron chi connectivity index (χ3n) is 2.22. The summed E-state index contributed by atoms with van der Waals surface area (Å²) in [6.07, 6.45) is 0. The van der Waals surface area contributed by atoms with Gasteiger partial charge in [-0.1, -0.05) is 6.07 Å². The number of halogens is 1. The van der Waals surface area contributed by atoms with Crippen LogP contribution in [0.5, 0.6) is 11.5 Å². The van der Waals surface area contributed by atoms with E-state index in [1.54, 1.807) is 7.11 Å². The van der Waals surface area contributed by atoms with Gasteiger partial charge in [0.1, 0.15) is 11.5 Å². The molecule has 2 rings (SSSR count). The third kappa shape index (κ3) is 5.29. The van der Waals surface area contributed by atoms with E-state index in [4.69, 9.17) is 9.47 Å². The van der Waals surface area contributed by atoms with Crippen LogP contribution in [0.2, 0.25) is 0 Å². The zero-order valence-corrected chi connectivity index (χ0v) is 13.2. The van der Waals surface area contributed by atoms with E-state index in [9.17, 15) is 0 Å². The molecular weight excluding hydrogens is 304 g/mol. The molecule has 0 bridgehead atoms. The van der Waals surface area contributed by atoms with Crippen molar-refractivity contribution >= 4 is 23.1 Å². The molecule has 0 heterocycles. The fourth-order valence-corrected chi connectivity index (χ4v) is 1.38. The molecule has 0 N–H and O–H groups in total. The van der Waals surface area contributed by atoms with Gasteiger partial charge in [-0.15, -0.1) is 5.56 Å². The van der Waals surface area contributed by atoms with E-state index in [2.05, 4.69) is 6.07 Å². The number of ether oxygens (including phenoxy) is 2. The first kappa shape index (κ1) is 17.3. The standard InChI is InChI=1S/C14H13O2.BrH.Mg/c1-15-13-8-5-9-14(10-13)16-11-12-6-3-2-4-7-12;;/h2-3,5-10H,11H2,1H3;1H;/q-1;;+2/p-1. The Hall–Kier alpha value is -0.714. The Balaban J connectivity index is 0.00000144. The fourth-order valence-electron chi connectivity index (χ4n) is 1.38. The van der Waals surface area contributed by atoms with Gasteiger partial charge in [0, 0.05) is 6.07 Å². The molecule has 0 aliphatic rings. The van der Waals surface area contributed by atoms with Gasteiger partial charge in [0.15, 0.2) is 0 Å². The summed E-state index contributed by atoms with van der Waals surface area (Å²) < 4.78 is 10.8. The Bertz CT molecular complexity index is 449. The van der Waals surface area contributed by atoms with E-state index in [-0.39, 0.29) is 40.0 Å². The second-order valence-corrected chi connectivity index (χ2v) is 3.38. The molecule has 4 heteroatoms. The van der Waals surface area contributed by atoms with Crippen LogP contribution in [-0.2, 0) is 6.61 Å². The Morgan fingerprint density at radius 2 is 1.89 bits per heavy atom. The van der Waals surface area contributed by atoms with E-state index in [0.29, 0.717) is 6.61 Å². The van der Waals surface area contributed by atoms with E-state index < -0.39 is 0 Å². The Morgan fingerprint density at radius 1 is 1.11 bits per heavy atom. The van der Waals surface area contributed by atoms with Gasteiger partial charge in [-0.05, 0) is 12.1 Å². The molecule has 0 aromatic heterocycles. The quantitative estimate of drug-likeness (QED) is 0.569. The maximum absolute atomic E-state index is 5.63. The minimum Gasteiger partial charge on any atom is -1.00 e. The molecule has 2 aromatic carbocycles. The molecule has 0 saturated carbocycles. The second kappa shape index (κ2) is 9.25. The van der Waals surface area contributed by atoms with E-state index in [1.165, 1.54) is 0 Å². The van der Waals surface area contributed by atoms with Gasteiger partial charge in [0.05, 0.1) is 13.7 Å². The molecule has 0 aliphatic carbocycles. The summed E-state index contributed by atoms with van der Waals surface area (Å²) in [7, 11) is 1.64. The summed E-state index contributed by atoms with van der Waals surface area (Å²) in [5.41, 5.74) is 1.10. The number of hydrogen-bond acceptors (Lipinski definition) is 2. The summed E-state index contributed by atoms with van der Waals surface area (Å²) in [6.45, 7) is 0.546. The molecule has 0 spiro atoms. The number of hydrogen-bond donors (Lipinski definition) is 0. The molecular formula is C14H13BrMgO2. The first-order valence-electron chi connectivity index (χ1n) is 5.10. The molecule has 0 amide bonds. The van der Waals surface area contributed by atoms with Crippen LogP contribution in [-0.4, -0.2) is 30.2 Å². The van der Waals surface area contributed by atoms with Gasteiger partial charge in [-0.25, -0.2) is 0 Å². The molecule has 0 atom stereocenters. The van der Waals surface area contributed by atoms with Crippen molar-refractivity contribution in [3.63, 3.8) is 0 Å². The van der Waals surface area contributed by atoms with E-state index >= 15 is 0 Å². The van der Waals surface area contributed by atoms with Crippen LogP contribution in [0.15, 0.2) is 48.5 Å². The monoisotopic (exact) mass is 316 g/mol. The maximum atomic E-state index is 5.63. The van der Waals surface area contributed by atoms with E-state index in [0.717, 1.165) is 17.1 Å². The topological polar surface area (TPSA) is 18.5 Å². The molecule has 90 valence electrons. The SMILES string of the molecule is COc1cccc(OCc2c[c-]ccc2)c1.[Br-].[Mg+2]. The summed E-state index contributed by atoms with van der Waals surface area (Å²) in [6, 6.07) is 18.3. The minimum absolute atomic E-state index is 0. The zero-order valence-electron chi connectivity index (χ0n) is 10.2. The molecule has 0 aliphatic heterocycles. The first-order valence-corrected chi connectivity index (χ1v) is 5.10. The molecule has 0 fully saturated rings. The Kier molecular flexibility index (Phi) is 8.88. The van der Waals surface area contributed by atoms with E-state index in [1.807, 2.05) is 48.5 Å². The summed E-state index contributed by atoms with van der Waals surface area (Å²) in [5.74, 6) is 1.61. The number of benzene rings is 2. The zero-order chi connectivity index (χ0) is 11.2. The van der Waals surface area contributed by atoms with Crippen molar-refractivity contribution in [3.8, 4) is 11.5 Å². The summed E-state index contributed by atoms with van der Waals surface area (Å²) >= 11 is 0. The van der Waals surface area contributed by atoms with Crippen molar-refractivity contribution < 1.29 is 26.5 Å². The van der Waals surface area contributed by atoms with Gasteiger partial charge < -0.3 is 26.5 Å². The number of methoxy groups -OCH3 is 1. The molecule has 2 nitrogen and oxygen atoms in total. The van der Waals surface area contributed by atoms with Crippen molar-refractivity contribution in [2.45, 2.75) is 6.61 Å². The average Bonchev–Trinajstić information content (AvgIpc) is 2.38. The predicted octanol–water partition coefficient (Wildman–Crippen LogP) is -0.302. The normalized spacial score (nSPS) is 8.72. The van der Waals surface area contributed by atoms with Crippen molar-refractivity contribution in [1.29, 1.82) is 0 Å². The molecule has 0 radical (unpaired) electrons. The van der Waals surface area contributed by atoms with Crippen molar-refractivity contribution in [2.24, 2.45) is 0 Å². The van der Waals surface area contributed by atoms with Gasteiger partial charge in [0.2, 0.25) is 0 Å². The first-order chi connectivity index (χ1) is 7.88. The Labute approximate surface area is 134 Å².